The number of hydrogen-bond donors (Lipinski definition) is 2. The van der Waals surface area contributed by atoms with Gasteiger partial charge in [0.2, 0.25) is 10.0 Å². The second kappa shape index (κ2) is 5.63. The lowest BCUT2D eigenvalue weighted by atomic mass is 9.73. The molecule has 4 unspecified atom stereocenters. The van der Waals surface area contributed by atoms with Crippen LogP contribution >= 0.6 is 39.1 Å². The summed E-state index contributed by atoms with van der Waals surface area (Å²) < 4.78 is 33.7. The van der Waals surface area contributed by atoms with Crippen molar-refractivity contribution in [2.45, 2.75) is 29.5 Å². The number of hydrogen-bond acceptors (Lipinski definition) is 4. The fraction of sp³-hybridized carbons (Fsp3) is 0.500. The van der Waals surface area contributed by atoms with Crippen LogP contribution in [0.1, 0.15) is 6.42 Å². The molecule has 21 heavy (non-hydrogen) atoms. The molecule has 1 aromatic carbocycles. The Balaban J connectivity index is 1.88. The van der Waals surface area contributed by atoms with Gasteiger partial charge < -0.3 is 10.5 Å². The van der Waals surface area contributed by atoms with Gasteiger partial charge in [-0.05, 0) is 18.6 Å². The van der Waals surface area contributed by atoms with Gasteiger partial charge in [0, 0.05) is 23.0 Å². The average Bonchev–Trinajstić information content (AvgIpc) is 2.79. The molecule has 0 amide bonds. The van der Waals surface area contributed by atoms with Crippen molar-refractivity contribution in [1.82, 2.24) is 4.72 Å². The van der Waals surface area contributed by atoms with E-state index in [4.69, 9.17) is 33.7 Å². The molecule has 5 nitrogen and oxygen atoms in total. The minimum atomic E-state index is -3.86. The molecule has 1 aliphatic carbocycles. The summed E-state index contributed by atoms with van der Waals surface area (Å²) in [5.74, 6) is 0.216. The van der Waals surface area contributed by atoms with Crippen molar-refractivity contribution >= 4 is 49.2 Å². The van der Waals surface area contributed by atoms with Gasteiger partial charge in [0.15, 0.2) is 0 Å². The van der Waals surface area contributed by atoms with Crippen LogP contribution in [0, 0.1) is 5.92 Å². The van der Waals surface area contributed by atoms with Crippen LogP contribution in [-0.2, 0) is 14.8 Å². The second-order valence-electron chi connectivity index (χ2n) is 5.21. The van der Waals surface area contributed by atoms with Crippen LogP contribution in [0.15, 0.2) is 21.5 Å². The summed E-state index contributed by atoms with van der Waals surface area (Å²) in [6.45, 7) is 0.612. The predicted octanol–water partition coefficient (Wildman–Crippen LogP) is 2.15. The monoisotopic (exact) mass is 414 g/mol. The quantitative estimate of drug-likeness (QED) is 0.792. The third-order valence-corrected chi connectivity index (χ3v) is 6.81. The van der Waals surface area contributed by atoms with E-state index in [0.29, 0.717) is 11.1 Å². The highest BCUT2D eigenvalue weighted by molar-refractivity contribution is 9.10. The van der Waals surface area contributed by atoms with Crippen LogP contribution in [0.5, 0.6) is 0 Å². The molecule has 2 aliphatic rings. The summed E-state index contributed by atoms with van der Waals surface area (Å²) in [6, 6.07) is 2.27. The molecule has 3 N–H and O–H groups in total. The Morgan fingerprint density at radius 3 is 2.57 bits per heavy atom. The van der Waals surface area contributed by atoms with Gasteiger partial charge >= 0.3 is 0 Å². The molecule has 0 radical (unpaired) electrons. The molecular weight excluding hydrogens is 403 g/mol. The normalized spacial score (nSPS) is 31.8. The molecule has 116 valence electrons. The van der Waals surface area contributed by atoms with Crippen molar-refractivity contribution in [3.8, 4) is 0 Å². The topological polar surface area (TPSA) is 81.4 Å². The zero-order valence-corrected chi connectivity index (χ0v) is 14.6. The Morgan fingerprint density at radius 1 is 1.33 bits per heavy atom. The molecule has 0 aromatic heterocycles. The zero-order chi connectivity index (χ0) is 15.4. The highest BCUT2D eigenvalue weighted by atomic mass is 79.9. The minimum absolute atomic E-state index is 0.0543. The molecule has 1 saturated heterocycles. The summed E-state index contributed by atoms with van der Waals surface area (Å²) in [6.07, 6.45) is 0.701. The summed E-state index contributed by atoms with van der Waals surface area (Å²) in [7, 11) is -3.86. The van der Waals surface area contributed by atoms with Gasteiger partial charge in [0.05, 0.1) is 22.2 Å². The Morgan fingerprint density at radius 2 is 1.95 bits per heavy atom. The molecule has 0 spiro atoms. The van der Waals surface area contributed by atoms with Gasteiger partial charge in [-0.3, -0.25) is 0 Å². The van der Waals surface area contributed by atoms with Crippen molar-refractivity contribution in [3.05, 3.63) is 26.7 Å². The number of sulfonamides is 1. The SMILES string of the molecule is NC1C2CCOC2C1NS(=O)(=O)c1c(Cl)cc(Br)cc1Cl. The van der Waals surface area contributed by atoms with Crippen molar-refractivity contribution in [2.75, 3.05) is 6.61 Å². The molecule has 0 bridgehead atoms. The van der Waals surface area contributed by atoms with Crippen molar-refractivity contribution in [3.63, 3.8) is 0 Å². The average molecular weight is 416 g/mol. The summed E-state index contributed by atoms with van der Waals surface area (Å²) in [5, 5.41) is 0.109. The van der Waals surface area contributed by atoms with Crippen LogP contribution in [-0.4, -0.2) is 33.2 Å². The van der Waals surface area contributed by atoms with Gasteiger partial charge in [-0.1, -0.05) is 39.1 Å². The standard InChI is InChI=1S/C12H13BrCl2N2O3S/c13-5-3-7(14)12(8(15)4-5)21(18,19)17-10-9(16)6-1-2-20-11(6)10/h3-4,6,9-11,17H,1-2,16H2. The number of nitrogens with one attached hydrogen (secondary N) is 1. The number of fused-ring (bicyclic) bond motifs is 1. The Labute approximate surface area is 141 Å². The first-order valence-electron chi connectivity index (χ1n) is 6.35. The Kier molecular flexibility index (Phi) is 4.29. The van der Waals surface area contributed by atoms with Crippen LogP contribution in [0.4, 0.5) is 0 Å². The van der Waals surface area contributed by atoms with E-state index in [2.05, 4.69) is 20.7 Å². The molecule has 1 aliphatic heterocycles. The Bertz CT molecular complexity index is 662. The third kappa shape index (κ3) is 2.73. The number of benzene rings is 1. The molecule has 1 heterocycles. The van der Waals surface area contributed by atoms with E-state index in [9.17, 15) is 8.42 Å². The second-order valence-corrected chi connectivity index (χ2v) is 8.59. The smallest absolute Gasteiger partial charge is 0.243 e. The highest BCUT2D eigenvalue weighted by Gasteiger charge is 2.53. The first-order chi connectivity index (χ1) is 9.81. The first-order valence-corrected chi connectivity index (χ1v) is 9.38. The van der Waals surface area contributed by atoms with Gasteiger partial charge in [0.1, 0.15) is 4.90 Å². The first kappa shape index (κ1) is 16.0. The third-order valence-electron chi connectivity index (χ3n) is 3.97. The summed E-state index contributed by atoms with van der Waals surface area (Å²) >= 11 is 15.2. The van der Waals surface area contributed by atoms with E-state index >= 15 is 0 Å². The largest absolute Gasteiger partial charge is 0.376 e. The lowest BCUT2D eigenvalue weighted by molar-refractivity contribution is -0.00923. The fourth-order valence-corrected chi connectivity index (χ4v) is 6.14. The van der Waals surface area contributed by atoms with Crippen molar-refractivity contribution < 1.29 is 13.2 Å². The molecular formula is C12H13BrCl2N2O3S. The molecule has 4 atom stereocenters. The van der Waals surface area contributed by atoms with Crippen LogP contribution in [0.25, 0.3) is 0 Å². The lowest BCUT2D eigenvalue weighted by Crippen LogP contribution is -2.68. The summed E-state index contributed by atoms with van der Waals surface area (Å²) in [5.41, 5.74) is 6.01. The minimum Gasteiger partial charge on any atom is -0.376 e. The fourth-order valence-electron chi connectivity index (χ4n) is 2.92. The van der Waals surface area contributed by atoms with Crippen LogP contribution in [0.3, 0.4) is 0 Å². The van der Waals surface area contributed by atoms with E-state index < -0.39 is 16.1 Å². The predicted molar refractivity (Wildman–Crippen MR) is 84.1 cm³/mol. The van der Waals surface area contributed by atoms with Gasteiger partial charge in [-0.25, -0.2) is 13.1 Å². The van der Waals surface area contributed by atoms with E-state index in [-0.39, 0.29) is 33.0 Å². The molecule has 1 aromatic rings. The van der Waals surface area contributed by atoms with E-state index in [1.54, 1.807) is 0 Å². The van der Waals surface area contributed by atoms with E-state index in [0.717, 1.165) is 6.42 Å². The lowest BCUT2D eigenvalue weighted by Gasteiger charge is -2.45. The number of halogens is 3. The maximum atomic E-state index is 12.5. The molecule has 3 rings (SSSR count). The number of nitrogens with two attached hydrogens (primary N) is 1. The van der Waals surface area contributed by atoms with Crippen molar-refractivity contribution in [2.24, 2.45) is 11.7 Å². The summed E-state index contributed by atoms with van der Waals surface area (Å²) in [4.78, 5) is -0.136. The molecule has 9 heteroatoms. The number of rotatable bonds is 3. The van der Waals surface area contributed by atoms with Crippen LogP contribution in [0.2, 0.25) is 10.0 Å². The van der Waals surface area contributed by atoms with E-state index in [1.165, 1.54) is 12.1 Å². The zero-order valence-electron chi connectivity index (χ0n) is 10.7. The number of ether oxygens (including phenoxy) is 1. The van der Waals surface area contributed by atoms with E-state index in [1.807, 2.05) is 0 Å². The van der Waals surface area contributed by atoms with Crippen LogP contribution < -0.4 is 10.5 Å². The van der Waals surface area contributed by atoms with Gasteiger partial charge in [-0.2, -0.15) is 0 Å². The van der Waals surface area contributed by atoms with Gasteiger partial charge in [-0.15, -0.1) is 0 Å². The maximum Gasteiger partial charge on any atom is 0.243 e. The highest BCUT2D eigenvalue weighted by Crippen LogP contribution is 2.39. The van der Waals surface area contributed by atoms with Crippen molar-refractivity contribution in [1.29, 1.82) is 0 Å². The van der Waals surface area contributed by atoms with Gasteiger partial charge in [0.25, 0.3) is 0 Å². The maximum absolute atomic E-state index is 12.5. The Hall–Kier alpha value is 0.110. The molecule has 1 saturated carbocycles. The molecule has 2 fully saturated rings.